The zero-order valence-corrected chi connectivity index (χ0v) is 21.2. The number of Topliss-reactive ketones (excluding diaryl/α,β-unsaturated/α-hetero) is 1. The van der Waals surface area contributed by atoms with E-state index in [4.69, 9.17) is 32.7 Å². The molecule has 0 amide bonds. The zero-order valence-electron chi connectivity index (χ0n) is 19.7. The number of carbonyl (C=O) groups is 2. The fourth-order valence-electron chi connectivity index (χ4n) is 4.69. The number of dihydropyridines is 1. The Bertz CT molecular complexity index is 1440. The maximum atomic E-state index is 13.5. The summed E-state index contributed by atoms with van der Waals surface area (Å²) in [5, 5.41) is 4.27. The Morgan fingerprint density at radius 2 is 1.69 bits per heavy atom. The van der Waals surface area contributed by atoms with E-state index in [9.17, 15) is 9.59 Å². The van der Waals surface area contributed by atoms with Crippen molar-refractivity contribution in [3.8, 4) is 5.75 Å². The number of halogens is 2. The molecule has 0 bridgehead atoms. The second kappa shape index (κ2) is 9.84. The predicted octanol–water partition coefficient (Wildman–Crippen LogP) is 6.70. The topological polar surface area (TPSA) is 64.6 Å². The van der Waals surface area contributed by atoms with Crippen molar-refractivity contribution in [2.75, 3.05) is 6.61 Å². The minimum absolute atomic E-state index is 0.0904. The van der Waals surface area contributed by atoms with Crippen LogP contribution in [-0.2, 0) is 16.1 Å². The number of allylic oxidation sites excluding steroid dienone is 2. The van der Waals surface area contributed by atoms with Crippen molar-refractivity contribution in [3.05, 3.63) is 116 Å². The highest BCUT2D eigenvalue weighted by molar-refractivity contribution is 6.42. The van der Waals surface area contributed by atoms with Crippen LogP contribution < -0.4 is 10.1 Å². The molecule has 0 aromatic heterocycles. The largest absolute Gasteiger partial charge is 0.489 e. The molecule has 0 saturated heterocycles. The maximum Gasteiger partial charge on any atom is 0.336 e. The molecular weight excluding hydrogens is 497 g/mol. The van der Waals surface area contributed by atoms with Crippen LogP contribution in [0.3, 0.4) is 0 Å². The van der Waals surface area contributed by atoms with Crippen LogP contribution in [0.1, 0.15) is 46.8 Å². The predicted molar refractivity (Wildman–Crippen MR) is 140 cm³/mol. The summed E-state index contributed by atoms with van der Waals surface area (Å²) in [5.41, 5.74) is 5.54. The number of ketones is 1. The smallest absolute Gasteiger partial charge is 0.336 e. The van der Waals surface area contributed by atoms with E-state index in [0.717, 1.165) is 22.4 Å². The summed E-state index contributed by atoms with van der Waals surface area (Å²) in [4.78, 5) is 26.5. The molecule has 3 aromatic rings. The van der Waals surface area contributed by atoms with Gasteiger partial charge in [-0.05, 0) is 49.2 Å². The Labute approximate surface area is 219 Å². The second-order valence-corrected chi connectivity index (χ2v) is 9.40. The van der Waals surface area contributed by atoms with E-state index >= 15 is 0 Å². The highest BCUT2D eigenvalue weighted by Crippen LogP contribution is 2.46. The fraction of sp³-hybridized carbons (Fsp3) is 0.172. The molecule has 182 valence electrons. The molecular formula is C29H23Cl2NO4. The first-order valence-electron chi connectivity index (χ1n) is 11.6. The van der Waals surface area contributed by atoms with E-state index in [2.05, 4.69) is 5.32 Å². The number of carbonyl (C=O) groups excluding carboxylic acids is 2. The molecule has 36 heavy (non-hydrogen) atoms. The van der Waals surface area contributed by atoms with Crippen LogP contribution in [0, 0.1) is 0 Å². The van der Waals surface area contributed by atoms with Crippen molar-refractivity contribution in [1.29, 1.82) is 0 Å². The van der Waals surface area contributed by atoms with E-state index < -0.39 is 11.9 Å². The van der Waals surface area contributed by atoms with Gasteiger partial charge in [-0.25, -0.2) is 4.79 Å². The first-order chi connectivity index (χ1) is 17.4. The van der Waals surface area contributed by atoms with Crippen LogP contribution in [0.2, 0.25) is 10.0 Å². The molecule has 7 heteroatoms. The summed E-state index contributed by atoms with van der Waals surface area (Å²) < 4.78 is 11.3. The summed E-state index contributed by atoms with van der Waals surface area (Å²) in [6, 6.07) is 20.3. The van der Waals surface area contributed by atoms with Gasteiger partial charge in [0.1, 0.15) is 12.4 Å². The van der Waals surface area contributed by atoms with E-state index in [1.54, 1.807) is 19.1 Å². The minimum Gasteiger partial charge on any atom is -0.489 e. The van der Waals surface area contributed by atoms with Crippen molar-refractivity contribution in [1.82, 2.24) is 5.32 Å². The molecule has 3 aromatic carbocycles. The molecule has 0 unspecified atom stereocenters. The molecule has 0 spiro atoms. The third-order valence-corrected chi connectivity index (χ3v) is 7.09. The molecule has 0 saturated carbocycles. The lowest BCUT2D eigenvalue weighted by atomic mass is 9.80. The summed E-state index contributed by atoms with van der Waals surface area (Å²) in [7, 11) is 0. The van der Waals surface area contributed by atoms with Gasteiger partial charge < -0.3 is 14.8 Å². The second-order valence-electron chi connectivity index (χ2n) is 8.59. The van der Waals surface area contributed by atoms with Gasteiger partial charge in [-0.3, -0.25) is 4.79 Å². The molecule has 5 rings (SSSR count). The lowest BCUT2D eigenvalue weighted by Crippen LogP contribution is -2.29. The van der Waals surface area contributed by atoms with Crippen molar-refractivity contribution in [2.45, 2.75) is 26.4 Å². The Kier molecular flexibility index (Phi) is 6.61. The van der Waals surface area contributed by atoms with Gasteiger partial charge in [0.2, 0.25) is 0 Å². The van der Waals surface area contributed by atoms with Gasteiger partial charge in [-0.2, -0.15) is 0 Å². The van der Waals surface area contributed by atoms with Gasteiger partial charge >= 0.3 is 5.97 Å². The van der Waals surface area contributed by atoms with Gasteiger partial charge in [0.15, 0.2) is 5.78 Å². The van der Waals surface area contributed by atoms with Crippen molar-refractivity contribution >= 4 is 40.7 Å². The molecule has 1 aliphatic carbocycles. The first-order valence-corrected chi connectivity index (χ1v) is 12.3. The van der Waals surface area contributed by atoms with Crippen LogP contribution in [-0.4, -0.2) is 18.4 Å². The highest BCUT2D eigenvalue weighted by Gasteiger charge is 2.42. The number of benzene rings is 3. The molecule has 0 radical (unpaired) electrons. The number of nitrogens with one attached hydrogen (secondary N) is 1. The fourth-order valence-corrected chi connectivity index (χ4v) is 5.02. The van der Waals surface area contributed by atoms with Crippen LogP contribution in [0.5, 0.6) is 5.75 Å². The van der Waals surface area contributed by atoms with Crippen LogP contribution >= 0.6 is 23.2 Å². The summed E-state index contributed by atoms with van der Waals surface area (Å²) >= 11 is 12.1. The highest BCUT2D eigenvalue weighted by atomic mass is 35.5. The molecule has 0 fully saturated rings. The van der Waals surface area contributed by atoms with E-state index in [1.807, 2.05) is 61.5 Å². The lowest BCUT2D eigenvalue weighted by Gasteiger charge is -2.29. The quantitative estimate of drug-likeness (QED) is 0.367. The van der Waals surface area contributed by atoms with E-state index in [-0.39, 0.29) is 12.4 Å². The summed E-state index contributed by atoms with van der Waals surface area (Å²) in [5.74, 6) is -0.452. The number of rotatable bonds is 6. The average Bonchev–Trinajstić information content (AvgIpc) is 3.16. The van der Waals surface area contributed by atoms with Gasteiger partial charge in [-0.15, -0.1) is 0 Å². The monoisotopic (exact) mass is 519 g/mol. The van der Waals surface area contributed by atoms with Crippen LogP contribution in [0.15, 0.2) is 83.6 Å². The summed E-state index contributed by atoms with van der Waals surface area (Å²) in [6.45, 7) is 4.16. The standard InChI is InChI=1S/C29H23Cl2NO4/c1-3-35-29(34)24-16(2)32-27-20-6-4-5-7-21(20)28(33)26(27)25(24)18-9-11-19(12-10-18)36-15-17-8-13-22(30)23(31)14-17/h4-14,25,32H,3,15H2,1-2H3/t25-/m1/s1. The summed E-state index contributed by atoms with van der Waals surface area (Å²) in [6.07, 6.45) is 0. The van der Waals surface area contributed by atoms with Gasteiger partial charge in [0, 0.05) is 28.3 Å². The Balaban J connectivity index is 1.48. The molecule has 1 heterocycles. The van der Waals surface area contributed by atoms with Gasteiger partial charge in [-0.1, -0.05) is 65.7 Å². The normalized spacial score (nSPS) is 16.4. The van der Waals surface area contributed by atoms with E-state index in [1.165, 1.54) is 0 Å². The number of ether oxygens (including phenoxy) is 2. The van der Waals surface area contributed by atoms with Crippen molar-refractivity contribution in [2.24, 2.45) is 0 Å². The Morgan fingerprint density at radius 3 is 2.39 bits per heavy atom. The van der Waals surface area contributed by atoms with Crippen LogP contribution in [0.4, 0.5) is 0 Å². The molecule has 1 N–H and O–H groups in total. The SMILES string of the molecule is CCOC(=O)C1=C(C)NC2=C(C(=O)c3ccccc32)[C@@H]1c1ccc(OCc2ccc(Cl)c(Cl)c2)cc1. The van der Waals surface area contributed by atoms with Crippen molar-refractivity contribution < 1.29 is 19.1 Å². The average molecular weight is 520 g/mol. The zero-order chi connectivity index (χ0) is 25.4. The number of hydrogen-bond acceptors (Lipinski definition) is 5. The third kappa shape index (κ3) is 4.29. The molecule has 1 aliphatic heterocycles. The van der Waals surface area contributed by atoms with Crippen molar-refractivity contribution in [3.63, 3.8) is 0 Å². The Hall–Kier alpha value is -3.54. The minimum atomic E-state index is -0.565. The first kappa shape index (κ1) is 24.2. The van der Waals surface area contributed by atoms with Gasteiger partial charge in [0.05, 0.1) is 27.9 Å². The number of hydrogen-bond donors (Lipinski definition) is 1. The lowest BCUT2D eigenvalue weighted by molar-refractivity contribution is -0.138. The van der Waals surface area contributed by atoms with Crippen LogP contribution in [0.25, 0.3) is 5.70 Å². The Morgan fingerprint density at radius 1 is 0.972 bits per heavy atom. The van der Waals surface area contributed by atoms with E-state index in [0.29, 0.717) is 44.8 Å². The number of esters is 1. The third-order valence-electron chi connectivity index (χ3n) is 6.35. The maximum absolute atomic E-state index is 13.5. The molecule has 5 nitrogen and oxygen atoms in total. The van der Waals surface area contributed by atoms with Gasteiger partial charge in [0.25, 0.3) is 0 Å². The molecule has 1 atom stereocenters. The number of fused-ring (bicyclic) bond motifs is 2. The molecule has 2 aliphatic rings.